The molecule has 1 saturated heterocycles. The molecule has 1 aliphatic rings. The van der Waals surface area contributed by atoms with Crippen molar-refractivity contribution in [1.82, 2.24) is 10.2 Å². The van der Waals surface area contributed by atoms with Crippen molar-refractivity contribution in [2.45, 2.75) is 12.8 Å². The zero-order chi connectivity index (χ0) is 20.1. The number of amides is 1. The van der Waals surface area contributed by atoms with E-state index in [1.54, 1.807) is 0 Å². The smallest absolute Gasteiger partial charge is 0.253 e. The van der Waals surface area contributed by atoms with Crippen LogP contribution in [0.4, 0.5) is 14.5 Å². The molecule has 2 aromatic rings. The standard InChI is InChI=1S/C21H23F2N3O2/c22-16-3-1-14(2-4-16)20(27)15-7-10-26(11-8-15)12-9-25-21(28)18-6-5-17(23)13-19(18)24/h1-6,13,15H,7-12,24H2,(H,25,28). The second-order valence-electron chi connectivity index (χ2n) is 6.97. The Bertz CT molecular complexity index is 847. The highest BCUT2D eigenvalue weighted by atomic mass is 19.1. The van der Waals surface area contributed by atoms with Crippen LogP contribution in [0.25, 0.3) is 0 Å². The first-order chi connectivity index (χ1) is 13.4. The number of anilines is 1. The van der Waals surface area contributed by atoms with Crippen molar-refractivity contribution >= 4 is 17.4 Å². The maximum Gasteiger partial charge on any atom is 0.253 e. The Morgan fingerprint density at radius 2 is 1.68 bits per heavy atom. The number of nitrogens with zero attached hydrogens (tertiary/aromatic N) is 1. The van der Waals surface area contributed by atoms with E-state index in [2.05, 4.69) is 10.2 Å². The number of hydrogen-bond acceptors (Lipinski definition) is 4. The van der Waals surface area contributed by atoms with Crippen molar-refractivity contribution in [3.8, 4) is 0 Å². The molecule has 0 radical (unpaired) electrons. The van der Waals surface area contributed by atoms with Crippen LogP contribution in [-0.2, 0) is 0 Å². The molecule has 0 atom stereocenters. The molecular formula is C21H23F2N3O2. The number of rotatable bonds is 6. The maximum absolute atomic E-state index is 13.1. The van der Waals surface area contributed by atoms with E-state index in [0.29, 0.717) is 18.7 Å². The molecule has 0 saturated carbocycles. The molecule has 7 heteroatoms. The number of piperidine rings is 1. The Kier molecular flexibility index (Phi) is 6.36. The third kappa shape index (κ3) is 4.92. The van der Waals surface area contributed by atoms with Gasteiger partial charge in [0.15, 0.2) is 5.78 Å². The number of halogens is 2. The van der Waals surface area contributed by atoms with E-state index in [1.165, 1.54) is 36.4 Å². The fourth-order valence-electron chi connectivity index (χ4n) is 3.43. The number of nitrogens with one attached hydrogen (secondary N) is 1. The van der Waals surface area contributed by atoms with Crippen LogP contribution >= 0.6 is 0 Å². The van der Waals surface area contributed by atoms with Crippen molar-refractivity contribution in [1.29, 1.82) is 0 Å². The average molecular weight is 387 g/mol. The normalized spacial score (nSPS) is 15.4. The molecule has 0 spiro atoms. The van der Waals surface area contributed by atoms with Gasteiger partial charge in [-0.2, -0.15) is 0 Å². The minimum atomic E-state index is -0.480. The number of nitrogens with two attached hydrogens (primary N) is 1. The lowest BCUT2D eigenvalue weighted by Crippen LogP contribution is -2.41. The van der Waals surface area contributed by atoms with E-state index in [-0.39, 0.29) is 34.7 Å². The Morgan fingerprint density at radius 1 is 1.04 bits per heavy atom. The second-order valence-corrected chi connectivity index (χ2v) is 6.97. The summed E-state index contributed by atoms with van der Waals surface area (Å²) in [4.78, 5) is 26.8. The molecule has 3 rings (SSSR count). The molecule has 148 valence electrons. The number of ketones is 1. The minimum absolute atomic E-state index is 0.0553. The van der Waals surface area contributed by atoms with Crippen LogP contribution in [0.15, 0.2) is 42.5 Å². The topological polar surface area (TPSA) is 75.4 Å². The van der Waals surface area contributed by atoms with Gasteiger partial charge in [-0.25, -0.2) is 8.78 Å². The SMILES string of the molecule is Nc1cc(F)ccc1C(=O)NCCN1CCC(C(=O)c2ccc(F)cc2)CC1. The molecular weight excluding hydrogens is 364 g/mol. The molecule has 28 heavy (non-hydrogen) atoms. The predicted octanol–water partition coefficient (Wildman–Crippen LogP) is 2.87. The zero-order valence-electron chi connectivity index (χ0n) is 15.5. The van der Waals surface area contributed by atoms with Gasteiger partial charge >= 0.3 is 0 Å². The summed E-state index contributed by atoms with van der Waals surface area (Å²) in [6.45, 7) is 2.61. The summed E-state index contributed by atoms with van der Waals surface area (Å²) < 4.78 is 26.1. The van der Waals surface area contributed by atoms with Crippen LogP contribution in [0.2, 0.25) is 0 Å². The highest BCUT2D eigenvalue weighted by molar-refractivity contribution is 5.99. The second kappa shape index (κ2) is 8.93. The summed E-state index contributed by atoms with van der Waals surface area (Å²) in [5.41, 5.74) is 6.58. The van der Waals surface area contributed by atoms with Gasteiger partial charge < -0.3 is 16.0 Å². The highest BCUT2D eigenvalue weighted by Crippen LogP contribution is 2.22. The molecule has 0 aromatic heterocycles. The molecule has 1 aliphatic heterocycles. The number of likely N-dealkylation sites (tertiary alicyclic amines) is 1. The van der Waals surface area contributed by atoms with Gasteiger partial charge in [0.05, 0.1) is 5.56 Å². The summed E-state index contributed by atoms with van der Waals surface area (Å²) in [6.07, 6.45) is 1.46. The zero-order valence-corrected chi connectivity index (χ0v) is 15.5. The van der Waals surface area contributed by atoms with Gasteiger partial charge in [0.2, 0.25) is 0 Å². The molecule has 5 nitrogen and oxygen atoms in total. The van der Waals surface area contributed by atoms with E-state index >= 15 is 0 Å². The fraction of sp³-hybridized carbons (Fsp3) is 0.333. The van der Waals surface area contributed by atoms with E-state index in [9.17, 15) is 18.4 Å². The van der Waals surface area contributed by atoms with Crippen molar-refractivity contribution < 1.29 is 18.4 Å². The van der Waals surface area contributed by atoms with E-state index < -0.39 is 5.82 Å². The van der Waals surface area contributed by atoms with Gasteiger partial charge in [0.25, 0.3) is 5.91 Å². The molecule has 0 aliphatic carbocycles. The van der Waals surface area contributed by atoms with Crippen LogP contribution in [0, 0.1) is 17.6 Å². The Balaban J connectivity index is 1.42. The Morgan fingerprint density at radius 3 is 2.32 bits per heavy atom. The first-order valence-electron chi connectivity index (χ1n) is 9.29. The summed E-state index contributed by atoms with van der Waals surface area (Å²) in [6, 6.07) is 9.36. The van der Waals surface area contributed by atoms with Gasteiger partial charge in [-0.15, -0.1) is 0 Å². The van der Waals surface area contributed by atoms with Gasteiger partial charge in [0.1, 0.15) is 11.6 Å². The fourth-order valence-corrected chi connectivity index (χ4v) is 3.43. The largest absolute Gasteiger partial charge is 0.398 e. The predicted molar refractivity (Wildman–Crippen MR) is 103 cm³/mol. The molecule has 1 heterocycles. The molecule has 0 unspecified atom stereocenters. The summed E-state index contributed by atoms with van der Waals surface area (Å²) in [7, 11) is 0. The quantitative estimate of drug-likeness (QED) is 0.590. The van der Waals surface area contributed by atoms with Crippen molar-refractivity contribution in [2.24, 2.45) is 5.92 Å². The van der Waals surface area contributed by atoms with Crippen LogP contribution in [0.1, 0.15) is 33.6 Å². The first-order valence-corrected chi connectivity index (χ1v) is 9.29. The lowest BCUT2D eigenvalue weighted by Gasteiger charge is -2.31. The van der Waals surface area contributed by atoms with Crippen molar-refractivity contribution in [3.63, 3.8) is 0 Å². The number of Topliss-reactive ketones (excluding diaryl/α,β-unsaturated/α-hetero) is 1. The van der Waals surface area contributed by atoms with Crippen LogP contribution in [-0.4, -0.2) is 42.8 Å². The third-order valence-corrected chi connectivity index (χ3v) is 5.06. The number of nitrogen functional groups attached to an aromatic ring is 1. The number of benzene rings is 2. The summed E-state index contributed by atoms with van der Waals surface area (Å²) >= 11 is 0. The van der Waals surface area contributed by atoms with E-state index in [4.69, 9.17) is 5.73 Å². The van der Waals surface area contributed by atoms with Gasteiger partial charge in [0, 0.05) is 30.3 Å². The lowest BCUT2D eigenvalue weighted by molar-refractivity contribution is 0.0839. The van der Waals surface area contributed by atoms with E-state index in [0.717, 1.165) is 32.0 Å². The number of carbonyl (C=O) groups is 2. The van der Waals surface area contributed by atoms with Crippen LogP contribution < -0.4 is 11.1 Å². The number of carbonyl (C=O) groups excluding carboxylic acids is 2. The first kappa shape index (κ1) is 19.9. The molecule has 0 bridgehead atoms. The highest BCUT2D eigenvalue weighted by Gasteiger charge is 2.25. The van der Waals surface area contributed by atoms with E-state index in [1.807, 2.05) is 0 Å². The van der Waals surface area contributed by atoms with Gasteiger partial charge in [-0.3, -0.25) is 9.59 Å². The lowest BCUT2D eigenvalue weighted by atomic mass is 9.89. The average Bonchev–Trinajstić information content (AvgIpc) is 2.68. The summed E-state index contributed by atoms with van der Waals surface area (Å²) in [5, 5.41) is 2.79. The summed E-state index contributed by atoms with van der Waals surface area (Å²) in [5.74, 6) is -1.17. The minimum Gasteiger partial charge on any atom is -0.398 e. The van der Waals surface area contributed by atoms with Gasteiger partial charge in [-0.05, 0) is 68.4 Å². The Labute approximate surface area is 162 Å². The van der Waals surface area contributed by atoms with Gasteiger partial charge in [-0.1, -0.05) is 0 Å². The molecule has 2 aromatic carbocycles. The van der Waals surface area contributed by atoms with Crippen molar-refractivity contribution in [3.05, 3.63) is 65.2 Å². The third-order valence-electron chi connectivity index (χ3n) is 5.06. The van der Waals surface area contributed by atoms with Crippen molar-refractivity contribution in [2.75, 3.05) is 31.9 Å². The molecule has 1 fully saturated rings. The number of hydrogen-bond donors (Lipinski definition) is 2. The molecule has 1 amide bonds. The maximum atomic E-state index is 13.1. The Hall–Kier alpha value is -2.80. The monoisotopic (exact) mass is 387 g/mol. The van der Waals surface area contributed by atoms with Crippen LogP contribution in [0.5, 0.6) is 0 Å². The molecule has 3 N–H and O–H groups in total. The van der Waals surface area contributed by atoms with Crippen LogP contribution in [0.3, 0.4) is 0 Å².